The molecule has 0 saturated carbocycles. The molecule has 2 N–H and O–H groups in total. The Kier molecular flexibility index (Phi) is 3.54. The van der Waals surface area contributed by atoms with Crippen molar-refractivity contribution in [2.75, 3.05) is 0 Å². The maximum atomic E-state index is 6.27. The number of nitrogens with two attached hydrogens (primary N) is 1. The summed E-state index contributed by atoms with van der Waals surface area (Å²) in [5.41, 5.74) is 8.27. The molecule has 0 aromatic carbocycles. The first-order valence-electron chi connectivity index (χ1n) is 5.92. The molecule has 0 aliphatic carbocycles. The number of imidazole rings is 1. The quantitative estimate of drug-likeness (QED) is 0.874. The van der Waals surface area contributed by atoms with Crippen LogP contribution in [-0.2, 0) is 6.54 Å². The third kappa shape index (κ3) is 2.36. The second-order valence-electron chi connectivity index (χ2n) is 4.13. The van der Waals surface area contributed by atoms with Gasteiger partial charge in [-0.3, -0.25) is 4.98 Å². The van der Waals surface area contributed by atoms with Crippen molar-refractivity contribution in [1.82, 2.24) is 14.5 Å². The molecule has 17 heavy (non-hydrogen) atoms. The van der Waals surface area contributed by atoms with E-state index in [1.807, 2.05) is 25.3 Å². The first-order valence-corrected chi connectivity index (χ1v) is 5.92. The second-order valence-corrected chi connectivity index (χ2v) is 4.13. The lowest BCUT2D eigenvalue weighted by Crippen LogP contribution is -2.19. The highest BCUT2D eigenvalue weighted by atomic mass is 15.1. The standard InChI is InChI=1S/C13H18N4/c1-3-8-17-9-7-16-13(17)12(14)11-5-4-6-15-10(11)2/h4-7,9,12H,3,8,14H2,1-2H3. The molecule has 0 saturated heterocycles. The third-order valence-corrected chi connectivity index (χ3v) is 2.87. The molecule has 2 rings (SSSR count). The number of hydrogen-bond donors (Lipinski definition) is 1. The Bertz CT molecular complexity index is 490. The fourth-order valence-corrected chi connectivity index (χ4v) is 1.99. The Morgan fingerprint density at radius 2 is 2.18 bits per heavy atom. The zero-order valence-corrected chi connectivity index (χ0v) is 10.3. The van der Waals surface area contributed by atoms with Gasteiger partial charge < -0.3 is 10.3 Å². The minimum absolute atomic E-state index is 0.203. The molecule has 0 radical (unpaired) electrons. The monoisotopic (exact) mass is 230 g/mol. The summed E-state index contributed by atoms with van der Waals surface area (Å²) >= 11 is 0. The number of hydrogen-bond acceptors (Lipinski definition) is 3. The summed E-state index contributed by atoms with van der Waals surface area (Å²) in [5.74, 6) is 0.906. The van der Waals surface area contributed by atoms with Crippen LogP contribution in [0.25, 0.3) is 0 Å². The normalized spacial score (nSPS) is 12.6. The SMILES string of the molecule is CCCn1ccnc1C(N)c1cccnc1C. The van der Waals surface area contributed by atoms with Crippen LogP contribution in [0.15, 0.2) is 30.7 Å². The molecule has 2 heterocycles. The van der Waals surface area contributed by atoms with Crippen molar-refractivity contribution in [1.29, 1.82) is 0 Å². The average molecular weight is 230 g/mol. The predicted molar refractivity (Wildman–Crippen MR) is 67.5 cm³/mol. The zero-order valence-electron chi connectivity index (χ0n) is 10.3. The molecule has 1 unspecified atom stereocenters. The van der Waals surface area contributed by atoms with E-state index in [2.05, 4.69) is 21.5 Å². The fraction of sp³-hybridized carbons (Fsp3) is 0.385. The highest BCUT2D eigenvalue weighted by molar-refractivity contribution is 5.27. The van der Waals surface area contributed by atoms with E-state index >= 15 is 0 Å². The highest BCUT2D eigenvalue weighted by Crippen LogP contribution is 2.20. The van der Waals surface area contributed by atoms with E-state index in [0.29, 0.717) is 0 Å². The number of aryl methyl sites for hydroxylation is 2. The molecule has 0 fully saturated rings. The van der Waals surface area contributed by atoms with E-state index in [1.165, 1.54) is 0 Å². The molecule has 90 valence electrons. The maximum Gasteiger partial charge on any atom is 0.130 e. The third-order valence-electron chi connectivity index (χ3n) is 2.87. The molecule has 0 aliphatic rings. The van der Waals surface area contributed by atoms with E-state index in [1.54, 1.807) is 12.4 Å². The summed E-state index contributed by atoms with van der Waals surface area (Å²) in [4.78, 5) is 8.63. The van der Waals surface area contributed by atoms with Crippen molar-refractivity contribution in [3.05, 3.63) is 47.8 Å². The Morgan fingerprint density at radius 1 is 1.35 bits per heavy atom. The van der Waals surface area contributed by atoms with Gasteiger partial charge in [-0.25, -0.2) is 4.98 Å². The first kappa shape index (κ1) is 11.8. The predicted octanol–water partition coefficient (Wildman–Crippen LogP) is 2.04. The fourth-order valence-electron chi connectivity index (χ4n) is 1.99. The van der Waals surface area contributed by atoms with Crippen molar-refractivity contribution >= 4 is 0 Å². The van der Waals surface area contributed by atoms with Crippen molar-refractivity contribution in [2.45, 2.75) is 32.9 Å². The molecule has 0 aliphatic heterocycles. The number of pyridine rings is 1. The van der Waals surface area contributed by atoms with Crippen molar-refractivity contribution < 1.29 is 0 Å². The average Bonchev–Trinajstić information content (AvgIpc) is 2.78. The molecule has 0 spiro atoms. The van der Waals surface area contributed by atoms with Crippen LogP contribution in [0.1, 0.15) is 36.5 Å². The molecule has 0 amide bonds. The lowest BCUT2D eigenvalue weighted by Gasteiger charge is -2.15. The van der Waals surface area contributed by atoms with Crippen LogP contribution in [0.5, 0.6) is 0 Å². The summed E-state index contributed by atoms with van der Waals surface area (Å²) < 4.78 is 2.11. The van der Waals surface area contributed by atoms with Crippen molar-refractivity contribution in [3.8, 4) is 0 Å². The van der Waals surface area contributed by atoms with E-state index in [9.17, 15) is 0 Å². The number of rotatable bonds is 4. The van der Waals surface area contributed by atoms with E-state index in [-0.39, 0.29) is 6.04 Å². The Labute approximate surface area is 102 Å². The van der Waals surface area contributed by atoms with Crippen LogP contribution in [0.4, 0.5) is 0 Å². The molecule has 2 aromatic heterocycles. The lowest BCUT2D eigenvalue weighted by atomic mass is 10.1. The van der Waals surface area contributed by atoms with Crippen molar-refractivity contribution in [2.24, 2.45) is 5.73 Å². The van der Waals surface area contributed by atoms with Gasteiger partial charge in [0.15, 0.2) is 0 Å². The molecule has 2 aromatic rings. The topological polar surface area (TPSA) is 56.7 Å². The summed E-state index contributed by atoms with van der Waals surface area (Å²) in [7, 11) is 0. The maximum absolute atomic E-state index is 6.27. The van der Waals surface area contributed by atoms with Crippen LogP contribution in [0.2, 0.25) is 0 Å². The lowest BCUT2D eigenvalue weighted by molar-refractivity contribution is 0.611. The minimum Gasteiger partial charge on any atom is -0.333 e. The minimum atomic E-state index is -0.203. The van der Waals surface area contributed by atoms with Gasteiger partial charge in [0.05, 0.1) is 6.04 Å². The Balaban J connectivity index is 2.34. The molecule has 4 nitrogen and oxygen atoms in total. The van der Waals surface area contributed by atoms with Gasteiger partial charge in [-0.15, -0.1) is 0 Å². The van der Waals surface area contributed by atoms with Gasteiger partial charge in [0.1, 0.15) is 5.82 Å². The van der Waals surface area contributed by atoms with E-state index < -0.39 is 0 Å². The van der Waals surface area contributed by atoms with Crippen LogP contribution in [0.3, 0.4) is 0 Å². The Morgan fingerprint density at radius 3 is 2.88 bits per heavy atom. The second kappa shape index (κ2) is 5.10. The molecule has 1 atom stereocenters. The largest absolute Gasteiger partial charge is 0.333 e. The van der Waals surface area contributed by atoms with Crippen LogP contribution in [-0.4, -0.2) is 14.5 Å². The molecule has 4 heteroatoms. The molecule has 0 bridgehead atoms. The van der Waals surface area contributed by atoms with Crippen LogP contribution < -0.4 is 5.73 Å². The van der Waals surface area contributed by atoms with Gasteiger partial charge in [-0.2, -0.15) is 0 Å². The van der Waals surface area contributed by atoms with Gasteiger partial charge in [0, 0.05) is 30.8 Å². The van der Waals surface area contributed by atoms with Gasteiger partial charge in [0.25, 0.3) is 0 Å². The Hall–Kier alpha value is -1.68. The first-order chi connectivity index (χ1) is 8.24. The zero-order chi connectivity index (χ0) is 12.3. The summed E-state index contributed by atoms with van der Waals surface area (Å²) in [5, 5.41) is 0. The van der Waals surface area contributed by atoms with Crippen LogP contribution in [0, 0.1) is 6.92 Å². The van der Waals surface area contributed by atoms with E-state index in [0.717, 1.165) is 30.0 Å². The summed E-state index contributed by atoms with van der Waals surface area (Å²) in [6.07, 6.45) is 6.63. The summed E-state index contributed by atoms with van der Waals surface area (Å²) in [6.45, 7) is 5.06. The smallest absolute Gasteiger partial charge is 0.130 e. The van der Waals surface area contributed by atoms with Crippen molar-refractivity contribution in [3.63, 3.8) is 0 Å². The van der Waals surface area contributed by atoms with Gasteiger partial charge in [-0.1, -0.05) is 13.0 Å². The van der Waals surface area contributed by atoms with Gasteiger partial charge in [-0.05, 0) is 25.0 Å². The molecular weight excluding hydrogens is 212 g/mol. The summed E-state index contributed by atoms with van der Waals surface area (Å²) in [6, 6.07) is 3.72. The highest BCUT2D eigenvalue weighted by Gasteiger charge is 2.16. The van der Waals surface area contributed by atoms with Crippen LogP contribution >= 0.6 is 0 Å². The van der Waals surface area contributed by atoms with Gasteiger partial charge in [0.2, 0.25) is 0 Å². The number of aromatic nitrogens is 3. The van der Waals surface area contributed by atoms with E-state index in [4.69, 9.17) is 5.73 Å². The molecular formula is C13H18N4. The number of nitrogens with zero attached hydrogens (tertiary/aromatic N) is 3. The van der Waals surface area contributed by atoms with Gasteiger partial charge >= 0.3 is 0 Å².